The molecule has 0 unspecified atom stereocenters. The number of nitrogens with zero attached hydrogens (tertiary/aromatic N) is 3. The summed E-state index contributed by atoms with van der Waals surface area (Å²) in [6.07, 6.45) is 7.03. The molecule has 0 aliphatic carbocycles. The monoisotopic (exact) mass is 227 g/mol. The molecule has 3 nitrogen and oxygen atoms in total. The predicted octanol–water partition coefficient (Wildman–Crippen LogP) is -1.59. The summed E-state index contributed by atoms with van der Waals surface area (Å²) in [6, 6.07) is 5.36. The van der Waals surface area contributed by atoms with Gasteiger partial charge in [-0.25, -0.2) is 4.57 Å². The van der Waals surface area contributed by atoms with Crippen molar-refractivity contribution in [2.75, 3.05) is 0 Å². The molecule has 0 radical (unpaired) electrons. The van der Waals surface area contributed by atoms with E-state index in [-0.39, 0.29) is 12.4 Å². The Balaban J connectivity index is 0.000000980. The Bertz CT molecular complexity index is 389. The second kappa shape index (κ2) is 4.88. The summed E-state index contributed by atoms with van der Waals surface area (Å²) in [5.74, 6) is 0.638. The second-order valence-corrected chi connectivity index (χ2v) is 2.91. The van der Waals surface area contributed by atoms with Crippen molar-refractivity contribution in [2.45, 2.75) is 0 Å². The Morgan fingerprint density at radius 2 is 1.64 bits per heavy atom. The molecule has 5 heteroatoms. The van der Waals surface area contributed by atoms with Crippen molar-refractivity contribution in [2.24, 2.45) is 0 Å². The maximum Gasteiger partial charge on any atom is 0.437 e. The highest BCUT2D eigenvalue weighted by Gasteiger charge is 2.05. The van der Waals surface area contributed by atoms with Crippen LogP contribution in [0.2, 0.25) is 5.02 Å². The van der Waals surface area contributed by atoms with Gasteiger partial charge in [0.25, 0.3) is 0 Å². The lowest BCUT2D eigenvalue weighted by Crippen LogP contribution is -3.00. The normalized spacial score (nSPS) is 9.21. The third kappa shape index (κ3) is 2.40. The number of aromatic nitrogens is 3. The lowest BCUT2D eigenvalue weighted by molar-refractivity contribution is -0.603. The first-order valence-electron chi connectivity index (χ1n) is 3.80. The van der Waals surface area contributed by atoms with E-state index in [2.05, 4.69) is 9.97 Å². The minimum atomic E-state index is 0. The van der Waals surface area contributed by atoms with E-state index in [0.29, 0.717) is 11.0 Å². The molecule has 72 valence electrons. The molecule has 2 heterocycles. The standard InChI is InChI=1S/C9H7ClN3.ClH/c10-8-2-6-13(7-3-8)9-11-4-1-5-12-9;/h1-7H;1H/q+1;/p-1. The highest BCUT2D eigenvalue weighted by Crippen LogP contribution is 2.02. The van der Waals surface area contributed by atoms with Crippen molar-refractivity contribution < 1.29 is 17.0 Å². The van der Waals surface area contributed by atoms with E-state index in [1.54, 1.807) is 35.2 Å². The summed E-state index contributed by atoms with van der Waals surface area (Å²) in [5, 5.41) is 0.701. The van der Waals surface area contributed by atoms with Crippen LogP contribution in [0.25, 0.3) is 5.95 Å². The molecule has 0 amide bonds. The quantitative estimate of drug-likeness (QED) is 0.551. The van der Waals surface area contributed by atoms with Gasteiger partial charge in [0.2, 0.25) is 0 Å². The molecule has 0 fully saturated rings. The largest absolute Gasteiger partial charge is 1.00 e. The Hall–Kier alpha value is -1.19. The van der Waals surface area contributed by atoms with Crippen LogP contribution in [-0.4, -0.2) is 9.97 Å². The zero-order chi connectivity index (χ0) is 9.10. The summed E-state index contributed by atoms with van der Waals surface area (Å²) in [6.45, 7) is 0. The van der Waals surface area contributed by atoms with E-state index in [1.807, 2.05) is 12.4 Å². The molecule has 14 heavy (non-hydrogen) atoms. The first-order valence-corrected chi connectivity index (χ1v) is 4.18. The van der Waals surface area contributed by atoms with E-state index in [9.17, 15) is 0 Å². The first kappa shape index (κ1) is 10.9. The first-order chi connectivity index (χ1) is 6.36. The lowest BCUT2D eigenvalue weighted by Gasteiger charge is -1.93. The fourth-order valence-corrected chi connectivity index (χ4v) is 1.08. The minimum Gasteiger partial charge on any atom is -1.00 e. The number of hydrogen-bond donors (Lipinski definition) is 0. The molecule has 0 aliphatic heterocycles. The summed E-state index contributed by atoms with van der Waals surface area (Å²) >= 11 is 5.74. The highest BCUT2D eigenvalue weighted by atomic mass is 35.5. The van der Waals surface area contributed by atoms with Gasteiger partial charge in [-0.2, -0.15) is 0 Å². The fourth-order valence-electron chi connectivity index (χ4n) is 0.966. The molecule has 0 spiro atoms. The smallest absolute Gasteiger partial charge is 0.437 e. The van der Waals surface area contributed by atoms with E-state index in [1.165, 1.54) is 0 Å². The fraction of sp³-hybridized carbons (Fsp3) is 0. The van der Waals surface area contributed by atoms with E-state index in [0.717, 1.165) is 0 Å². The molecule has 0 bridgehead atoms. The summed E-state index contributed by atoms with van der Waals surface area (Å²) < 4.78 is 1.80. The van der Waals surface area contributed by atoms with Crippen LogP contribution in [0.15, 0.2) is 43.0 Å². The second-order valence-electron chi connectivity index (χ2n) is 2.47. The lowest BCUT2D eigenvalue weighted by atomic mass is 10.5. The molecule has 0 saturated carbocycles. The number of rotatable bonds is 1. The molecule has 0 aliphatic rings. The number of halogens is 2. The van der Waals surface area contributed by atoms with Gasteiger partial charge in [0.05, 0.1) is 12.4 Å². The van der Waals surface area contributed by atoms with Gasteiger partial charge in [0, 0.05) is 11.1 Å². The van der Waals surface area contributed by atoms with Crippen molar-refractivity contribution >= 4 is 11.6 Å². The van der Waals surface area contributed by atoms with Crippen LogP contribution in [0.3, 0.4) is 0 Å². The van der Waals surface area contributed by atoms with Gasteiger partial charge in [-0.15, -0.1) is 0 Å². The van der Waals surface area contributed by atoms with Crippen molar-refractivity contribution in [3.05, 3.63) is 48.0 Å². The van der Waals surface area contributed by atoms with Crippen LogP contribution in [0.4, 0.5) is 0 Å². The molecule has 2 aromatic heterocycles. The molecular weight excluding hydrogens is 221 g/mol. The zero-order valence-electron chi connectivity index (χ0n) is 7.14. The Kier molecular flexibility index (Phi) is 3.80. The minimum absolute atomic E-state index is 0. The molecule has 0 atom stereocenters. The van der Waals surface area contributed by atoms with Gasteiger partial charge in [0.15, 0.2) is 0 Å². The van der Waals surface area contributed by atoms with Crippen LogP contribution < -0.4 is 17.0 Å². The van der Waals surface area contributed by atoms with Gasteiger partial charge in [-0.3, -0.25) is 0 Å². The Morgan fingerprint density at radius 3 is 2.21 bits per heavy atom. The maximum atomic E-state index is 5.74. The number of hydrogen-bond acceptors (Lipinski definition) is 2. The highest BCUT2D eigenvalue weighted by molar-refractivity contribution is 6.30. The van der Waals surface area contributed by atoms with Crippen LogP contribution >= 0.6 is 11.6 Å². The van der Waals surface area contributed by atoms with E-state index < -0.39 is 0 Å². The average Bonchev–Trinajstić information content (AvgIpc) is 2.20. The van der Waals surface area contributed by atoms with Crippen molar-refractivity contribution in [1.82, 2.24) is 9.97 Å². The van der Waals surface area contributed by atoms with Crippen LogP contribution in [-0.2, 0) is 0 Å². The molecule has 0 N–H and O–H groups in total. The van der Waals surface area contributed by atoms with Crippen molar-refractivity contribution in [3.8, 4) is 5.95 Å². The van der Waals surface area contributed by atoms with Crippen LogP contribution in [0.5, 0.6) is 0 Å². The third-order valence-corrected chi connectivity index (χ3v) is 1.82. The molecule has 0 aromatic carbocycles. The summed E-state index contributed by atoms with van der Waals surface area (Å²) in [4.78, 5) is 8.17. The van der Waals surface area contributed by atoms with Crippen LogP contribution in [0.1, 0.15) is 0 Å². The van der Waals surface area contributed by atoms with E-state index >= 15 is 0 Å². The topological polar surface area (TPSA) is 29.7 Å². The SMILES string of the molecule is Clc1cc[n+](-c2ncccn2)cc1.[Cl-]. The van der Waals surface area contributed by atoms with Gasteiger partial charge in [-0.05, 0) is 12.1 Å². The van der Waals surface area contributed by atoms with Gasteiger partial charge < -0.3 is 12.4 Å². The molecule has 2 rings (SSSR count). The maximum absolute atomic E-state index is 5.74. The molecule has 2 aromatic rings. The van der Waals surface area contributed by atoms with Gasteiger partial charge in [0.1, 0.15) is 12.4 Å². The summed E-state index contributed by atoms with van der Waals surface area (Å²) in [7, 11) is 0. The Labute approximate surface area is 92.8 Å². The van der Waals surface area contributed by atoms with Crippen LogP contribution in [0, 0.1) is 0 Å². The number of pyridine rings is 1. The third-order valence-electron chi connectivity index (χ3n) is 1.57. The Morgan fingerprint density at radius 1 is 1.07 bits per heavy atom. The molecule has 0 saturated heterocycles. The van der Waals surface area contributed by atoms with E-state index in [4.69, 9.17) is 11.6 Å². The van der Waals surface area contributed by atoms with Crippen molar-refractivity contribution in [3.63, 3.8) is 0 Å². The predicted molar refractivity (Wildman–Crippen MR) is 48.6 cm³/mol. The average molecular weight is 228 g/mol. The molecular formula is C9H7Cl2N3. The van der Waals surface area contributed by atoms with Gasteiger partial charge >= 0.3 is 5.95 Å². The summed E-state index contributed by atoms with van der Waals surface area (Å²) in [5.41, 5.74) is 0. The van der Waals surface area contributed by atoms with Crippen molar-refractivity contribution in [1.29, 1.82) is 0 Å². The van der Waals surface area contributed by atoms with Gasteiger partial charge in [-0.1, -0.05) is 21.6 Å². The zero-order valence-corrected chi connectivity index (χ0v) is 8.65.